The number of esters is 1. The first-order valence-electron chi connectivity index (χ1n) is 9.61. The highest BCUT2D eigenvalue weighted by Gasteiger charge is 2.28. The van der Waals surface area contributed by atoms with E-state index < -0.39 is 12.1 Å². The Morgan fingerprint density at radius 1 is 1.00 bits per heavy atom. The fourth-order valence-electron chi connectivity index (χ4n) is 3.62. The van der Waals surface area contributed by atoms with Gasteiger partial charge in [-0.15, -0.1) is 0 Å². The van der Waals surface area contributed by atoms with Crippen LogP contribution in [0.3, 0.4) is 0 Å². The predicted octanol–water partition coefficient (Wildman–Crippen LogP) is 4.62. The zero-order valence-electron chi connectivity index (χ0n) is 16.5. The number of methoxy groups -OCH3 is 1. The van der Waals surface area contributed by atoms with Crippen LogP contribution in [0.15, 0.2) is 71.2 Å². The smallest absolute Gasteiger partial charge is 0.407 e. The number of hydrogen-bond donors (Lipinski definition) is 1. The molecule has 6 heteroatoms. The number of carbonyl (C=O) groups is 2. The van der Waals surface area contributed by atoms with Crippen molar-refractivity contribution in [1.82, 2.24) is 5.32 Å². The highest BCUT2D eigenvalue weighted by atomic mass is 16.5. The molecule has 0 saturated carbocycles. The Bertz CT molecular complexity index is 1050. The molecule has 0 atom stereocenters. The Hall–Kier alpha value is -3.80. The van der Waals surface area contributed by atoms with Gasteiger partial charge in [0.1, 0.15) is 12.4 Å². The van der Waals surface area contributed by atoms with Gasteiger partial charge in [-0.3, -0.25) is 0 Å². The van der Waals surface area contributed by atoms with Crippen molar-refractivity contribution < 1.29 is 23.5 Å². The quantitative estimate of drug-likeness (QED) is 0.608. The molecule has 0 radical (unpaired) electrons. The average Bonchev–Trinajstić information content (AvgIpc) is 3.38. The van der Waals surface area contributed by atoms with E-state index in [1.165, 1.54) is 35.4 Å². The molecular weight excluding hydrogens is 382 g/mol. The summed E-state index contributed by atoms with van der Waals surface area (Å²) in [6, 6.07) is 19.6. The van der Waals surface area contributed by atoms with Gasteiger partial charge in [0, 0.05) is 12.5 Å². The molecule has 0 bridgehead atoms. The number of fused-ring (bicyclic) bond motifs is 3. The normalized spacial score (nSPS) is 12.4. The van der Waals surface area contributed by atoms with E-state index in [1.54, 1.807) is 18.2 Å². The molecule has 6 nitrogen and oxygen atoms in total. The fraction of sp³-hybridized carbons (Fsp3) is 0.167. The van der Waals surface area contributed by atoms with Crippen LogP contribution in [-0.2, 0) is 9.47 Å². The Kier molecular flexibility index (Phi) is 5.66. The van der Waals surface area contributed by atoms with Crippen molar-refractivity contribution in [2.75, 3.05) is 20.3 Å². The van der Waals surface area contributed by atoms with Gasteiger partial charge in [-0.2, -0.15) is 0 Å². The van der Waals surface area contributed by atoms with Crippen molar-refractivity contribution in [2.45, 2.75) is 5.92 Å². The topological polar surface area (TPSA) is 77.8 Å². The molecule has 2 aromatic carbocycles. The fourth-order valence-corrected chi connectivity index (χ4v) is 3.62. The minimum atomic E-state index is -0.536. The van der Waals surface area contributed by atoms with E-state index in [0.29, 0.717) is 5.76 Å². The predicted molar refractivity (Wildman–Crippen MR) is 112 cm³/mol. The van der Waals surface area contributed by atoms with Gasteiger partial charge in [-0.1, -0.05) is 54.6 Å². The van der Waals surface area contributed by atoms with Crippen molar-refractivity contribution in [2.24, 2.45) is 0 Å². The van der Waals surface area contributed by atoms with Crippen LogP contribution in [0.25, 0.3) is 17.2 Å². The third-order valence-corrected chi connectivity index (χ3v) is 5.00. The summed E-state index contributed by atoms with van der Waals surface area (Å²) >= 11 is 0. The van der Waals surface area contributed by atoms with Crippen LogP contribution in [-0.4, -0.2) is 32.3 Å². The van der Waals surface area contributed by atoms with E-state index in [4.69, 9.17) is 9.15 Å². The largest absolute Gasteiger partial charge is 0.463 e. The van der Waals surface area contributed by atoms with Gasteiger partial charge in [0.2, 0.25) is 5.76 Å². The molecule has 1 heterocycles. The Morgan fingerprint density at radius 2 is 1.67 bits per heavy atom. The van der Waals surface area contributed by atoms with E-state index in [1.807, 2.05) is 24.3 Å². The molecule has 30 heavy (non-hydrogen) atoms. The third-order valence-electron chi connectivity index (χ3n) is 5.00. The number of rotatable bonds is 6. The minimum absolute atomic E-state index is 0.0264. The second-order valence-electron chi connectivity index (χ2n) is 6.80. The number of furan rings is 1. The van der Waals surface area contributed by atoms with Crippen molar-refractivity contribution in [3.63, 3.8) is 0 Å². The lowest BCUT2D eigenvalue weighted by Gasteiger charge is -2.14. The van der Waals surface area contributed by atoms with Crippen molar-refractivity contribution in [1.29, 1.82) is 0 Å². The highest BCUT2D eigenvalue weighted by molar-refractivity contribution is 5.86. The van der Waals surface area contributed by atoms with Crippen molar-refractivity contribution in [3.05, 3.63) is 89.4 Å². The van der Waals surface area contributed by atoms with Gasteiger partial charge in [-0.25, -0.2) is 9.59 Å². The van der Waals surface area contributed by atoms with E-state index in [9.17, 15) is 9.59 Å². The molecule has 152 valence electrons. The molecule has 1 aliphatic carbocycles. The van der Waals surface area contributed by atoms with Gasteiger partial charge >= 0.3 is 12.1 Å². The molecule has 1 aromatic heterocycles. The second-order valence-corrected chi connectivity index (χ2v) is 6.80. The maximum atomic E-state index is 12.1. The Morgan fingerprint density at radius 3 is 2.33 bits per heavy atom. The number of amides is 1. The van der Waals surface area contributed by atoms with Gasteiger partial charge in [0.25, 0.3) is 0 Å². The van der Waals surface area contributed by atoms with Gasteiger partial charge < -0.3 is 19.2 Å². The van der Waals surface area contributed by atoms with Crippen LogP contribution in [0.1, 0.15) is 33.4 Å². The second kappa shape index (κ2) is 8.69. The van der Waals surface area contributed by atoms with Crippen LogP contribution in [0.5, 0.6) is 0 Å². The molecule has 1 aliphatic rings. The number of alkyl carbamates (subject to hydrolysis) is 1. The first kappa shape index (κ1) is 19.5. The molecule has 1 N–H and O–H groups in total. The van der Waals surface area contributed by atoms with E-state index >= 15 is 0 Å². The Labute approximate surface area is 174 Å². The van der Waals surface area contributed by atoms with Crippen LogP contribution in [0.2, 0.25) is 0 Å². The van der Waals surface area contributed by atoms with E-state index in [-0.39, 0.29) is 24.8 Å². The van der Waals surface area contributed by atoms with E-state index in [2.05, 4.69) is 34.3 Å². The first-order chi connectivity index (χ1) is 14.7. The molecule has 3 aromatic rings. The van der Waals surface area contributed by atoms with Crippen LogP contribution in [0.4, 0.5) is 4.79 Å². The number of hydrogen-bond acceptors (Lipinski definition) is 5. The highest BCUT2D eigenvalue weighted by Crippen LogP contribution is 2.44. The molecule has 0 spiro atoms. The van der Waals surface area contributed by atoms with Crippen LogP contribution in [0, 0.1) is 0 Å². The SMILES string of the molecule is COC(=O)c1ccc(C=CCNC(=O)OCC2c3ccccc3-c3ccccc32)o1. The third kappa shape index (κ3) is 3.98. The standard InChI is InChI=1S/C24H21NO5/c1-28-23(26)22-13-12-16(30-22)7-6-14-25-24(27)29-15-21-19-10-4-2-8-17(19)18-9-3-5-11-20(18)21/h2-13,21H,14-15H2,1H3,(H,25,27). The zero-order valence-corrected chi connectivity index (χ0v) is 16.5. The molecule has 1 amide bonds. The summed E-state index contributed by atoms with van der Waals surface area (Å²) in [5.74, 6) is 0.108. The summed E-state index contributed by atoms with van der Waals surface area (Å²) in [7, 11) is 1.29. The molecular formula is C24H21NO5. The summed E-state index contributed by atoms with van der Waals surface area (Å²) in [5.41, 5.74) is 4.72. The lowest BCUT2D eigenvalue weighted by atomic mass is 9.98. The number of benzene rings is 2. The lowest BCUT2D eigenvalue weighted by molar-refractivity contribution is 0.0564. The monoisotopic (exact) mass is 403 g/mol. The first-order valence-corrected chi connectivity index (χ1v) is 9.61. The number of nitrogens with one attached hydrogen (secondary N) is 1. The molecule has 0 saturated heterocycles. The van der Waals surface area contributed by atoms with Crippen molar-refractivity contribution >= 4 is 18.1 Å². The molecule has 0 unspecified atom stereocenters. The maximum absolute atomic E-state index is 12.1. The lowest BCUT2D eigenvalue weighted by Crippen LogP contribution is -2.26. The number of carbonyl (C=O) groups excluding carboxylic acids is 2. The van der Waals surface area contributed by atoms with E-state index in [0.717, 1.165) is 0 Å². The van der Waals surface area contributed by atoms with Crippen LogP contribution < -0.4 is 5.32 Å². The number of ether oxygens (including phenoxy) is 2. The summed E-state index contributed by atoms with van der Waals surface area (Å²) in [6.45, 7) is 0.537. The summed E-state index contributed by atoms with van der Waals surface area (Å²) in [4.78, 5) is 23.5. The summed E-state index contributed by atoms with van der Waals surface area (Å²) < 4.78 is 15.4. The summed E-state index contributed by atoms with van der Waals surface area (Å²) in [6.07, 6.45) is 2.88. The Balaban J connectivity index is 1.30. The molecule has 4 rings (SSSR count). The van der Waals surface area contributed by atoms with Crippen molar-refractivity contribution in [3.8, 4) is 11.1 Å². The van der Waals surface area contributed by atoms with Crippen LogP contribution >= 0.6 is 0 Å². The zero-order chi connectivity index (χ0) is 20.9. The van der Waals surface area contributed by atoms with Gasteiger partial charge in [0.05, 0.1) is 7.11 Å². The van der Waals surface area contributed by atoms with Gasteiger partial charge in [0.15, 0.2) is 0 Å². The van der Waals surface area contributed by atoms with Gasteiger partial charge in [-0.05, 0) is 40.5 Å². The average molecular weight is 403 g/mol. The molecule has 0 aliphatic heterocycles. The maximum Gasteiger partial charge on any atom is 0.407 e. The summed E-state index contributed by atoms with van der Waals surface area (Å²) in [5, 5.41) is 2.68. The molecule has 0 fully saturated rings. The minimum Gasteiger partial charge on any atom is -0.463 e.